The largest absolute Gasteiger partial charge is 0.0932 e. The predicted octanol–water partition coefficient (Wildman–Crippen LogP) is 4.28. The summed E-state index contributed by atoms with van der Waals surface area (Å²) in [6.45, 7) is 6.80. The van der Waals surface area contributed by atoms with Crippen LogP contribution >= 0.6 is 12.2 Å². The number of hydrogen-bond donors (Lipinski definition) is 0. The van der Waals surface area contributed by atoms with Crippen LogP contribution in [0.15, 0.2) is 30.3 Å². The van der Waals surface area contributed by atoms with E-state index in [4.69, 9.17) is 12.2 Å². The van der Waals surface area contributed by atoms with Crippen molar-refractivity contribution in [3.05, 3.63) is 35.9 Å². The fourth-order valence-corrected chi connectivity index (χ4v) is 2.06. The molecule has 0 nitrogen and oxygen atoms in total. The molecule has 0 radical (unpaired) electrons. The molecule has 0 spiro atoms. The summed E-state index contributed by atoms with van der Waals surface area (Å²) in [5.41, 5.74) is 1.74. The lowest BCUT2D eigenvalue weighted by atomic mass is 9.83. The van der Waals surface area contributed by atoms with E-state index in [1.54, 1.807) is 0 Å². The Hall–Kier alpha value is -0.690. The molecular formula is C14H20S. The first-order chi connectivity index (χ1) is 7.01. The summed E-state index contributed by atoms with van der Waals surface area (Å²) in [6.07, 6.45) is 2.23. The lowest BCUT2D eigenvalue weighted by Gasteiger charge is -2.23. The Bertz CT molecular complexity index is 295. The minimum absolute atomic E-state index is 0.356. The second-order valence-corrected chi connectivity index (χ2v) is 5.62. The molecule has 0 N–H and O–H groups in total. The van der Waals surface area contributed by atoms with Gasteiger partial charge in [-0.3, -0.25) is 0 Å². The van der Waals surface area contributed by atoms with Crippen molar-refractivity contribution in [2.75, 3.05) is 0 Å². The number of rotatable bonds is 4. The highest BCUT2D eigenvalue weighted by Crippen LogP contribution is 2.25. The number of thiocarbonyl (C=S) groups is 1. The predicted molar refractivity (Wildman–Crippen MR) is 71.4 cm³/mol. The van der Waals surface area contributed by atoms with Gasteiger partial charge in [-0.15, -0.1) is 0 Å². The van der Waals surface area contributed by atoms with Crippen LogP contribution in [0.5, 0.6) is 0 Å². The fourth-order valence-electron chi connectivity index (χ4n) is 1.87. The molecule has 0 aromatic heterocycles. The Morgan fingerprint density at radius 3 is 2.27 bits per heavy atom. The molecule has 0 saturated heterocycles. The van der Waals surface area contributed by atoms with Crippen molar-refractivity contribution in [2.24, 2.45) is 11.3 Å². The first kappa shape index (κ1) is 12.4. The normalized spacial score (nSPS) is 13.5. The van der Waals surface area contributed by atoms with Gasteiger partial charge in [-0.25, -0.2) is 0 Å². The summed E-state index contributed by atoms with van der Waals surface area (Å²) in [4.78, 5) is 0. The van der Waals surface area contributed by atoms with E-state index in [9.17, 15) is 0 Å². The Balaban J connectivity index is 2.59. The van der Waals surface area contributed by atoms with Gasteiger partial charge in [0.05, 0.1) is 0 Å². The molecule has 0 aliphatic heterocycles. The third-order valence-corrected chi connectivity index (χ3v) is 2.79. The highest BCUT2D eigenvalue weighted by Gasteiger charge is 2.17. The Morgan fingerprint density at radius 1 is 1.20 bits per heavy atom. The fraction of sp³-hybridized carbons (Fsp3) is 0.500. The lowest BCUT2D eigenvalue weighted by molar-refractivity contribution is 0.338. The quantitative estimate of drug-likeness (QED) is 0.682. The first-order valence-electron chi connectivity index (χ1n) is 5.50. The summed E-state index contributed by atoms with van der Waals surface area (Å²) in [5.74, 6) is 0.516. The van der Waals surface area contributed by atoms with Crippen molar-refractivity contribution in [3.8, 4) is 0 Å². The zero-order chi connectivity index (χ0) is 11.3. The smallest absolute Gasteiger partial charge is 0.00831 e. The van der Waals surface area contributed by atoms with Crippen LogP contribution in [-0.2, 0) is 6.42 Å². The van der Waals surface area contributed by atoms with E-state index in [0.717, 1.165) is 12.8 Å². The topological polar surface area (TPSA) is 0 Å². The number of hydrogen-bond acceptors (Lipinski definition) is 1. The molecular weight excluding hydrogens is 200 g/mol. The van der Waals surface area contributed by atoms with Gasteiger partial charge in [0, 0.05) is 0 Å². The molecule has 0 bridgehead atoms. The Morgan fingerprint density at radius 2 is 1.80 bits per heavy atom. The average molecular weight is 220 g/mol. The Kier molecular flexibility index (Phi) is 4.46. The van der Waals surface area contributed by atoms with E-state index >= 15 is 0 Å². The van der Waals surface area contributed by atoms with Crippen LogP contribution in [0.25, 0.3) is 0 Å². The van der Waals surface area contributed by atoms with E-state index in [-0.39, 0.29) is 0 Å². The zero-order valence-electron chi connectivity index (χ0n) is 9.86. The van der Waals surface area contributed by atoms with Gasteiger partial charge in [0.2, 0.25) is 0 Å². The van der Waals surface area contributed by atoms with Gasteiger partial charge in [0.1, 0.15) is 0 Å². The van der Waals surface area contributed by atoms with Crippen LogP contribution in [0.2, 0.25) is 0 Å². The summed E-state index contributed by atoms with van der Waals surface area (Å²) in [6, 6.07) is 10.6. The van der Waals surface area contributed by atoms with E-state index in [1.807, 2.05) is 5.37 Å². The maximum atomic E-state index is 5.12. The minimum Gasteiger partial charge on any atom is -0.0932 e. The van der Waals surface area contributed by atoms with Gasteiger partial charge in [-0.2, -0.15) is 0 Å². The van der Waals surface area contributed by atoms with Crippen LogP contribution in [0.3, 0.4) is 0 Å². The molecule has 1 unspecified atom stereocenters. The van der Waals surface area contributed by atoms with Crippen molar-refractivity contribution in [3.63, 3.8) is 0 Å². The van der Waals surface area contributed by atoms with Crippen molar-refractivity contribution in [2.45, 2.75) is 33.6 Å². The van der Waals surface area contributed by atoms with Crippen molar-refractivity contribution in [1.82, 2.24) is 0 Å². The molecule has 15 heavy (non-hydrogen) atoms. The standard InChI is InChI=1S/C14H20S/c1-14(2,3)10-13(11-15)9-12-7-5-4-6-8-12/h4-8,11,13H,9-10H2,1-3H3. The average Bonchev–Trinajstić information content (AvgIpc) is 2.16. The van der Waals surface area contributed by atoms with Gasteiger partial charge in [-0.1, -0.05) is 63.3 Å². The summed E-state index contributed by atoms with van der Waals surface area (Å²) in [5, 5.41) is 1.93. The van der Waals surface area contributed by atoms with Crippen molar-refractivity contribution in [1.29, 1.82) is 0 Å². The molecule has 0 saturated carbocycles. The molecule has 0 fully saturated rings. The molecule has 1 aromatic carbocycles. The van der Waals surface area contributed by atoms with E-state index in [2.05, 4.69) is 51.1 Å². The summed E-state index contributed by atoms with van der Waals surface area (Å²) < 4.78 is 0. The van der Waals surface area contributed by atoms with Crippen LogP contribution in [0.4, 0.5) is 0 Å². The van der Waals surface area contributed by atoms with E-state index in [0.29, 0.717) is 11.3 Å². The van der Waals surface area contributed by atoms with Crippen LogP contribution in [-0.4, -0.2) is 5.37 Å². The highest BCUT2D eigenvalue weighted by atomic mass is 32.1. The van der Waals surface area contributed by atoms with Crippen LogP contribution in [0.1, 0.15) is 32.8 Å². The van der Waals surface area contributed by atoms with Gasteiger partial charge in [0.15, 0.2) is 0 Å². The molecule has 0 aliphatic rings. The van der Waals surface area contributed by atoms with Gasteiger partial charge in [0.25, 0.3) is 0 Å². The third kappa shape index (κ3) is 5.08. The maximum absolute atomic E-state index is 5.12. The van der Waals surface area contributed by atoms with Crippen LogP contribution in [0, 0.1) is 11.3 Å². The lowest BCUT2D eigenvalue weighted by Crippen LogP contribution is -2.15. The van der Waals surface area contributed by atoms with Gasteiger partial charge < -0.3 is 0 Å². The second kappa shape index (κ2) is 5.41. The molecule has 1 aromatic rings. The summed E-state index contributed by atoms with van der Waals surface area (Å²) >= 11 is 5.12. The highest BCUT2D eigenvalue weighted by molar-refractivity contribution is 7.79. The maximum Gasteiger partial charge on any atom is -0.00831 e. The number of benzene rings is 1. The molecule has 1 heteroatoms. The van der Waals surface area contributed by atoms with Crippen LogP contribution < -0.4 is 0 Å². The monoisotopic (exact) mass is 220 g/mol. The SMILES string of the molecule is CC(C)(C)CC(C=S)Cc1ccccc1. The summed E-state index contributed by atoms with van der Waals surface area (Å²) in [7, 11) is 0. The zero-order valence-corrected chi connectivity index (χ0v) is 10.7. The van der Waals surface area contributed by atoms with E-state index < -0.39 is 0 Å². The molecule has 1 atom stereocenters. The van der Waals surface area contributed by atoms with E-state index in [1.165, 1.54) is 5.56 Å². The Labute approximate surface area is 98.7 Å². The second-order valence-electron chi connectivity index (χ2n) is 5.35. The molecule has 82 valence electrons. The molecule has 1 rings (SSSR count). The van der Waals surface area contributed by atoms with Crippen molar-refractivity contribution < 1.29 is 0 Å². The van der Waals surface area contributed by atoms with Crippen molar-refractivity contribution >= 4 is 17.6 Å². The molecule has 0 heterocycles. The minimum atomic E-state index is 0.356. The van der Waals surface area contributed by atoms with Gasteiger partial charge >= 0.3 is 0 Å². The third-order valence-electron chi connectivity index (χ3n) is 2.41. The molecule has 0 aliphatic carbocycles. The molecule has 0 amide bonds. The van der Waals surface area contributed by atoms with Gasteiger partial charge in [-0.05, 0) is 35.1 Å². The first-order valence-corrected chi connectivity index (χ1v) is 5.97.